The largest absolute Gasteiger partial charge is 0.507 e. The molecule has 118 valence electrons. The maximum Gasteiger partial charge on any atom is 0.127 e. The number of aromatic hydroxyl groups is 2. The molecular formula is C18H12N2O2S2. The van der Waals surface area contributed by atoms with Crippen molar-refractivity contribution in [2.24, 2.45) is 0 Å². The van der Waals surface area contributed by atoms with Crippen molar-refractivity contribution < 1.29 is 10.2 Å². The highest BCUT2D eigenvalue weighted by atomic mass is 32.1. The topological polar surface area (TPSA) is 66.2 Å². The fourth-order valence-electron chi connectivity index (χ4n) is 2.34. The van der Waals surface area contributed by atoms with E-state index < -0.39 is 0 Å². The van der Waals surface area contributed by atoms with E-state index in [2.05, 4.69) is 9.97 Å². The van der Waals surface area contributed by atoms with Gasteiger partial charge in [0.2, 0.25) is 0 Å². The molecule has 0 aliphatic carbocycles. The molecule has 0 saturated carbocycles. The molecule has 0 bridgehead atoms. The fourth-order valence-corrected chi connectivity index (χ4v) is 4.03. The lowest BCUT2D eigenvalue weighted by Gasteiger charge is -1.99. The molecule has 0 aliphatic rings. The van der Waals surface area contributed by atoms with Gasteiger partial charge in [0.1, 0.15) is 32.9 Å². The highest BCUT2D eigenvalue weighted by Gasteiger charge is 2.14. The van der Waals surface area contributed by atoms with Crippen molar-refractivity contribution in [2.45, 2.75) is 0 Å². The highest BCUT2D eigenvalue weighted by Crippen LogP contribution is 2.36. The number of rotatable bonds is 3. The Morgan fingerprint density at radius 1 is 0.625 bits per heavy atom. The minimum Gasteiger partial charge on any atom is -0.507 e. The van der Waals surface area contributed by atoms with Crippen molar-refractivity contribution in [3.8, 4) is 44.0 Å². The zero-order valence-electron chi connectivity index (χ0n) is 12.4. The van der Waals surface area contributed by atoms with Gasteiger partial charge in [-0.3, -0.25) is 0 Å². The Hall–Kier alpha value is -2.70. The van der Waals surface area contributed by atoms with Gasteiger partial charge in [-0.25, -0.2) is 9.97 Å². The third-order valence-corrected chi connectivity index (χ3v) is 5.29. The van der Waals surface area contributed by atoms with E-state index >= 15 is 0 Å². The van der Waals surface area contributed by atoms with Crippen LogP contribution in [0.1, 0.15) is 0 Å². The monoisotopic (exact) mass is 352 g/mol. The maximum atomic E-state index is 9.95. The van der Waals surface area contributed by atoms with Crippen molar-refractivity contribution in [3.05, 3.63) is 59.3 Å². The van der Waals surface area contributed by atoms with E-state index in [-0.39, 0.29) is 11.5 Å². The highest BCUT2D eigenvalue weighted by molar-refractivity contribution is 7.14. The van der Waals surface area contributed by atoms with Gasteiger partial charge in [0.25, 0.3) is 0 Å². The van der Waals surface area contributed by atoms with Gasteiger partial charge in [0.05, 0.1) is 11.1 Å². The molecule has 2 aromatic heterocycles. The molecule has 0 aliphatic heterocycles. The van der Waals surface area contributed by atoms with Gasteiger partial charge in [-0.2, -0.15) is 0 Å². The van der Waals surface area contributed by atoms with Crippen LogP contribution in [0, 0.1) is 0 Å². The maximum absolute atomic E-state index is 9.95. The molecular weight excluding hydrogens is 340 g/mol. The number of hydrogen-bond donors (Lipinski definition) is 2. The first kappa shape index (κ1) is 14.9. The summed E-state index contributed by atoms with van der Waals surface area (Å²) in [6.07, 6.45) is 0. The molecule has 4 rings (SSSR count). The van der Waals surface area contributed by atoms with Gasteiger partial charge < -0.3 is 10.2 Å². The zero-order valence-corrected chi connectivity index (χ0v) is 14.0. The van der Waals surface area contributed by atoms with Crippen LogP contribution in [0.2, 0.25) is 0 Å². The number of thiazole rings is 2. The molecule has 24 heavy (non-hydrogen) atoms. The summed E-state index contributed by atoms with van der Waals surface area (Å²) in [5, 5.41) is 25.2. The van der Waals surface area contributed by atoms with Gasteiger partial charge in [0.15, 0.2) is 0 Å². The van der Waals surface area contributed by atoms with E-state index in [0.29, 0.717) is 11.1 Å². The third kappa shape index (κ3) is 2.66. The molecule has 0 amide bonds. The van der Waals surface area contributed by atoms with E-state index in [4.69, 9.17) is 0 Å². The average Bonchev–Trinajstić information content (AvgIpc) is 3.25. The molecule has 4 nitrogen and oxygen atoms in total. The number of aromatic nitrogens is 2. The third-order valence-electron chi connectivity index (χ3n) is 3.54. The number of phenols is 2. The molecule has 0 radical (unpaired) electrons. The first-order chi connectivity index (χ1) is 11.7. The Labute approximate surface area is 146 Å². The van der Waals surface area contributed by atoms with Crippen LogP contribution in [0.5, 0.6) is 11.5 Å². The van der Waals surface area contributed by atoms with Crippen molar-refractivity contribution >= 4 is 22.7 Å². The van der Waals surface area contributed by atoms with Crippen LogP contribution in [0.15, 0.2) is 59.3 Å². The summed E-state index contributed by atoms with van der Waals surface area (Å²) in [7, 11) is 0. The quantitative estimate of drug-likeness (QED) is 0.544. The minimum atomic E-state index is 0.214. The number of hydrogen-bond acceptors (Lipinski definition) is 6. The molecule has 2 N–H and O–H groups in total. The SMILES string of the molecule is Oc1ccccc1-c1nc(-c2csc(-c3ccccc3O)n2)cs1. The first-order valence-corrected chi connectivity index (χ1v) is 8.96. The zero-order chi connectivity index (χ0) is 16.5. The second kappa shape index (κ2) is 6.07. The molecule has 0 atom stereocenters. The van der Waals surface area contributed by atoms with Crippen LogP contribution in [0.4, 0.5) is 0 Å². The molecule has 6 heteroatoms. The van der Waals surface area contributed by atoms with E-state index in [1.807, 2.05) is 35.0 Å². The first-order valence-electron chi connectivity index (χ1n) is 7.20. The Morgan fingerprint density at radius 3 is 1.46 bits per heavy atom. The molecule has 0 spiro atoms. The van der Waals surface area contributed by atoms with Crippen molar-refractivity contribution in [3.63, 3.8) is 0 Å². The molecule has 4 aromatic rings. The Kier molecular flexibility index (Phi) is 3.76. The van der Waals surface area contributed by atoms with Gasteiger partial charge >= 0.3 is 0 Å². The summed E-state index contributed by atoms with van der Waals surface area (Å²) in [5.74, 6) is 0.429. The van der Waals surface area contributed by atoms with Crippen LogP contribution < -0.4 is 0 Å². The lowest BCUT2D eigenvalue weighted by Crippen LogP contribution is -1.82. The Balaban J connectivity index is 1.69. The number of phenolic OH excluding ortho intramolecular Hbond substituents is 2. The lowest BCUT2D eigenvalue weighted by atomic mass is 10.2. The van der Waals surface area contributed by atoms with Gasteiger partial charge in [-0.1, -0.05) is 24.3 Å². The van der Waals surface area contributed by atoms with Gasteiger partial charge in [-0.15, -0.1) is 22.7 Å². The van der Waals surface area contributed by atoms with Crippen LogP contribution >= 0.6 is 22.7 Å². The summed E-state index contributed by atoms with van der Waals surface area (Å²) < 4.78 is 0. The average molecular weight is 352 g/mol. The summed E-state index contributed by atoms with van der Waals surface area (Å²) in [6.45, 7) is 0. The van der Waals surface area contributed by atoms with Crippen molar-refractivity contribution in [2.75, 3.05) is 0 Å². The standard InChI is InChI=1S/C18H12N2O2S2/c21-15-7-3-1-5-11(15)17-19-13(9-23-17)14-10-24-18(20-14)12-6-2-4-8-16(12)22/h1-10,21-22H. The van der Waals surface area contributed by atoms with Crippen molar-refractivity contribution in [1.82, 2.24) is 9.97 Å². The summed E-state index contributed by atoms with van der Waals surface area (Å²) >= 11 is 2.93. The van der Waals surface area contributed by atoms with Crippen molar-refractivity contribution in [1.29, 1.82) is 0 Å². The van der Waals surface area contributed by atoms with Crippen LogP contribution in [-0.2, 0) is 0 Å². The van der Waals surface area contributed by atoms with Crippen LogP contribution in [0.3, 0.4) is 0 Å². The Bertz CT molecular complexity index is 926. The molecule has 0 fully saturated rings. The normalized spacial score (nSPS) is 10.8. The van der Waals surface area contributed by atoms with Crippen LogP contribution in [-0.4, -0.2) is 20.2 Å². The smallest absolute Gasteiger partial charge is 0.127 e. The summed E-state index contributed by atoms with van der Waals surface area (Å²) in [5.41, 5.74) is 2.95. The van der Waals surface area contributed by atoms with Crippen LogP contribution in [0.25, 0.3) is 32.5 Å². The lowest BCUT2D eigenvalue weighted by molar-refractivity contribution is 0.477. The second-order valence-electron chi connectivity index (χ2n) is 5.11. The predicted molar refractivity (Wildman–Crippen MR) is 97.4 cm³/mol. The number of para-hydroxylation sites is 2. The molecule has 0 saturated heterocycles. The fraction of sp³-hybridized carbons (Fsp3) is 0. The summed E-state index contributed by atoms with van der Waals surface area (Å²) in [6, 6.07) is 14.3. The number of nitrogens with zero attached hydrogens (tertiary/aromatic N) is 2. The van der Waals surface area contributed by atoms with Gasteiger partial charge in [0, 0.05) is 10.8 Å². The molecule has 0 unspecified atom stereocenters. The molecule has 2 heterocycles. The molecule has 2 aromatic carbocycles. The second-order valence-corrected chi connectivity index (χ2v) is 6.83. The minimum absolute atomic E-state index is 0.214. The summed E-state index contributed by atoms with van der Waals surface area (Å²) in [4.78, 5) is 9.16. The van der Waals surface area contributed by atoms with E-state index in [1.165, 1.54) is 22.7 Å². The van der Waals surface area contributed by atoms with Gasteiger partial charge in [-0.05, 0) is 24.3 Å². The van der Waals surface area contributed by atoms with E-state index in [1.54, 1.807) is 24.3 Å². The van der Waals surface area contributed by atoms with E-state index in [9.17, 15) is 10.2 Å². The predicted octanol–water partition coefficient (Wildman–Crippen LogP) is 5.01. The number of benzene rings is 2. The van der Waals surface area contributed by atoms with E-state index in [0.717, 1.165) is 21.4 Å². The Morgan fingerprint density at radius 2 is 1.04 bits per heavy atom.